The van der Waals surface area contributed by atoms with Crippen molar-refractivity contribution in [2.24, 2.45) is 5.92 Å². The molecular formula is C23H25N3O4S. The topological polar surface area (TPSA) is 87.7 Å². The Bertz CT molecular complexity index is 996. The molecule has 1 fully saturated rings. The number of piperidine rings is 1. The first-order valence-corrected chi connectivity index (χ1v) is 11.2. The molecule has 0 bridgehead atoms. The summed E-state index contributed by atoms with van der Waals surface area (Å²) >= 11 is 1.27. The number of methoxy groups -OCH3 is 1. The quantitative estimate of drug-likeness (QED) is 0.700. The van der Waals surface area contributed by atoms with Gasteiger partial charge < -0.3 is 20.3 Å². The van der Waals surface area contributed by atoms with E-state index in [0.29, 0.717) is 19.6 Å². The van der Waals surface area contributed by atoms with Gasteiger partial charge in [0.1, 0.15) is 5.75 Å². The number of thioether (sulfide) groups is 1. The van der Waals surface area contributed by atoms with Crippen LogP contribution in [0.1, 0.15) is 18.4 Å². The lowest BCUT2D eigenvalue weighted by atomic mass is 9.96. The van der Waals surface area contributed by atoms with Gasteiger partial charge in [0.25, 0.3) is 0 Å². The van der Waals surface area contributed by atoms with E-state index >= 15 is 0 Å². The average Bonchev–Trinajstić information content (AvgIpc) is 2.81. The van der Waals surface area contributed by atoms with Gasteiger partial charge in [0, 0.05) is 24.5 Å². The Morgan fingerprint density at radius 3 is 2.90 bits per heavy atom. The van der Waals surface area contributed by atoms with Crippen molar-refractivity contribution >= 4 is 35.2 Å². The molecule has 0 unspecified atom stereocenters. The van der Waals surface area contributed by atoms with Crippen molar-refractivity contribution in [1.82, 2.24) is 10.2 Å². The number of para-hydroxylation sites is 1. The Labute approximate surface area is 185 Å². The maximum atomic E-state index is 13.1. The van der Waals surface area contributed by atoms with Crippen LogP contribution in [0.25, 0.3) is 0 Å². The van der Waals surface area contributed by atoms with Crippen molar-refractivity contribution in [2.45, 2.75) is 29.5 Å². The second kappa shape index (κ2) is 9.43. The van der Waals surface area contributed by atoms with Gasteiger partial charge in [0.05, 0.1) is 18.7 Å². The standard InChI is InChI=1S/C23H25N3O4S/c1-30-17-8-4-6-15(12-17)13-24-21(27)16-7-5-11-26(14-16)23(29)20-22(28)25-18-9-2-3-10-19(18)31-20/h2-4,6,8-10,12,16,20H,5,7,11,13-14H2,1H3,(H,24,27)(H,25,28)/t16-,20-/m0/s1. The molecule has 2 aliphatic heterocycles. The summed E-state index contributed by atoms with van der Waals surface area (Å²) in [5.74, 6) is -0.162. The van der Waals surface area contributed by atoms with E-state index in [4.69, 9.17) is 4.74 Å². The van der Waals surface area contributed by atoms with E-state index in [2.05, 4.69) is 10.6 Å². The summed E-state index contributed by atoms with van der Waals surface area (Å²) in [7, 11) is 1.61. The highest BCUT2D eigenvalue weighted by Crippen LogP contribution is 2.36. The molecule has 1 saturated heterocycles. The molecule has 0 spiro atoms. The molecule has 162 valence electrons. The largest absolute Gasteiger partial charge is 0.497 e. The molecule has 8 heteroatoms. The van der Waals surface area contributed by atoms with Crippen LogP contribution in [0.2, 0.25) is 0 Å². The van der Waals surface area contributed by atoms with Crippen LogP contribution in [0.5, 0.6) is 5.75 Å². The van der Waals surface area contributed by atoms with Crippen LogP contribution in [0.3, 0.4) is 0 Å². The molecule has 3 amide bonds. The summed E-state index contributed by atoms with van der Waals surface area (Å²) < 4.78 is 5.22. The highest BCUT2D eigenvalue weighted by Gasteiger charge is 2.38. The Morgan fingerprint density at radius 2 is 2.06 bits per heavy atom. The highest BCUT2D eigenvalue weighted by molar-refractivity contribution is 8.01. The van der Waals surface area contributed by atoms with E-state index < -0.39 is 5.25 Å². The minimum Gasteiger partial charge on any atom is -0.497 e. The SMILES string of the molecule is COc1cccc(CNC(=O)[C@H]2CCCN(C(=O)[C@H]3Sc4ccccc4NC3=O)C2)c1. The van der Waals surface area contributed by atoms with E-state index in [9.17, 15) is 14.4 Å². The Balaban J connectivity index is 1.36. The Hall–Kier alpha value is -3.00. The van der Waals surface area contributed by atoms with Gasteiger partial charge in [-0.05, 0) is 42.7 Å². The summed E-state index contributed by atoms with van der Waals surface area (Å²) in [6, 6.07) is 15.0. The number of carbonyl (C=O) groups excluding carboxylic acids is 3. The number of anilines is 1. The van der Waals surface area contributed by atoms with Crippen LogP contribution in [-0.4, -0.2) is 48.1 Å². The van der Waals surface area contributed by atoms with Crippen molar-refractivity contribution in [2.75, 3.05) is 25.5 Å². The molecule has 2 heterocycles. The summed E-state index contributed by atoms with van der Waals surface area (Å²) in [5.41, 5.74) is 1.68. The number of benzene rings is 2. The molecule has 2 aliphatic rings. The fourth-order valence-electron chi connectivity index (χ4n) is 3.89. The lowest BCUT2D eigenvalue weighted by Crippen LogP contribution is -2.50. The average molecular weight is 440 g/mol. The predicted molar refractivity (Wildman–Crippen MR) is 119 cm³/mol. The molecule has 0 aliphatic carbocycles. The minimum atomic E-state index is -0.825. The van der Waals surface area contributed by atoms with E-state index in [1.165, 1.54) is 11.8 Å². The fraction of sp³-hybridized carbons (Fsp3) is 0.348. The van der Waals surface area contributed by atoms with Crippen molar-refractivity contribution in [1.29, 1.82) is 0 Å². The van der Waals surface area contributed by atoms with Crippen LogP contribution in [0.15, 0.2) is 53.4 Å². The van der Waals surface area contributed by atoms with Crippen molar-refractivity contribution in [3.63, 3.8) is 0 Å². The summed E-state index contributed by atoms with van der Waals surface area (Å²) in [6.07, 6.45) is 1.46. The number of amides is 3. The zero-order valence-electron chi connectivity index (χ0n) is 17.3. The number of nitrogens with zero attached hydrogens (tertiary/aromatic N) is 1. The number of nitrogens with one attached hydrogen (secondary N) is 2. The van der Waals surface area contributed by atoms with Gasteiger partial charge in [-0.1, -0.05) is 24.3 Å². The lowest BCUT2D eigenvalue weighted by Gasteiger charge is -2.35. The van der Waals surface area contributed by atoms with Gasteiger partial charge in [0.15, 0.2) is 5.25 Å². The van der Waals surface area contributed by atoms with E-state index in [0.717, 1.165) is 34.7 Å². The molecule has 2 aromatic carbocycles. The van der Waals surface area contributed by atoms with Crippen molar-refractivity contribution < 1.29 is 19.1 Å². The number of fused-ring (bicyclic) bond motifs is 1. The molecule has 0 radical (unpaired) electrons. The van der Waals surface area contributed by atoms with Crippen LogP contribution in [0.4, 0.5) is 5.69 Å². The maximum Gasteiger partial charge on any atom is 0.247 e. The Morgan fingerprint density at radius 1 is 1.23 bits per heavy atom. The first-order valence-electron chi connectivity index (χ1n) is 10.3. The monoisotopic (exact) mass is 439 g/mol. The Kier molecular flexibility index (Phi) is 6.46. The zero-order valence-corrected chi connectivity index (χ0v) is 18.1. The normalized spacial score (nSPS) is 20.4. The first kappa shape index (κ1) is 21.2. The second-order valence-corrected chi connectivity index (χ2v) is 8.82. The molecule has 0 saturated carbocycles. The molecule has 2 N–H and O–H groups in total. The number of rotatable bonds is 5. The third-order valence-electron chi connectivity index (χ3n) is 5.56. The highest BCUT2D eigenvalue weighted by atomic mass is 32.2. The van der Waals surface area contributed by atoms with Crippen LogP contribution >= 0.6 is 11.8 Å². The number of carbonyl (C=O) groups is 3. The predicted octanol–water partition coefficient (Wildman–Crippen LogP) is 2.66. The summed E-state index contributed by atoms with van der Waals surface area (Å²) in [5, 5.41) is 4.95. The fourth-order valence-corrected chi connectivity index (χ4v) is 4.96. The van der Waals surface area contributed by atoms with Crippen LogP contribution in [0, 0.1) is 5.92 Å². The number of hydrogen-bond donors (Lipinski definition) is 2. The van der Waals surface area contributed by atoms with Gasteiger partial charge in [-0.3, -0.25) is 14.4 Å². The number of hydrogen-bond acceptors (Lipinski definition) is 5. The van der Waals surface area contributed by atoms with Crippen molar-refractivity contribution in [3.05, 3.63) is 54.1 Å². The molecule has 0 aromatic heterocycles. The molecule has 2 atom stereocenters. The van der Waals surface area contributed by atoms with E-state index in [1.807, 2.05) is 48.5 Å². The molecule has 7 nitrogen and oxygen atoms in total. The summed E-state index contributed by atoms with van der Waals surface area (Å²) in [4.78, 5) is 40.9. The molecular weight excluding hydrogens is 414 g/mol. The first-order chi connectivity index (χ1) is 15.0. The minimum absolute atomic E-state index is 0.0774. The molecule has 31 heavy (non-hydrogen) atoms. The summed E-state index contributed by atoms with van der Waals surface area (Å²) in [6.45, 7) is 1.29. The van der Waals surface area contributed by atoms with Gasteiger partial charge in [0.2, 0.25) is 17.7 Å². The van der Waals surface area contributed by atoms with Crippen molar-refractivity contribution in [3.8, 4) is 5.75 Å². The van der Waals surface area contributed by atoms with E-state index in [1.54, 1.807) is 12.0 Å². The molecule has 2 aromatic rings. The number of ether oxygens (including phenoxy) is 1. The van der Waals surface area contributed by atoms with Gasteiger partial charge in [-0.25, -0.2) is 0 Å². The third-order valence-corrected chi connectivity index (χ3v) is 6.82. The zero-order chi connectivity index (χ0) is 21.8. The molecule has 4 rings (SSSR count). The van der Waals surface area contributed by atoms with Gasteiger partial charge in [-0.2, -0.15) is 0 Å². The van der Waals surface area contributed by atoms with Crippen LogP contribution < -0.4 is 15.4 Å². The van der Waals surface area contributed by atoms with Gasteiger partial charge in [-0.15, -0.1) is 11.8 Å². The number of likely N-dealkylation sites (tertiary alicyclic amines) is 1. The van der Waals surface area contributed by atoms with Crippen LogP contribution in [-0.2, 0) is 20.9 Å². The second-order valence-electron chi connectivity index (χ2n) is 7.68. The smallest absolute Gasteiger partial charge is 0.247 e. The lowest BCUT2D eigenvalue weighted by molar-refractivity contribution is -0.137. The third kappa shape index (κ3) is 4.85. The van der Waals surface area contributed by atoms with Gasteiger partial charge >= 0.3 is 0 Å². The maximum absolute atomic E-state index is 13.1. The van der Waals surface area contributed by atoms with E-state index in [-0.39, 0.29) is 23.6 Å².